The molecule has 33 heavy (non-hydrogen) atoms. The average molecular weight is 471 g/mol. The van der Waals surface area contributed by atoms with Crippen molar-refractivity contribution in [3.8, 4) is 17.1 Å². The van der Waals surface area contributed by atoms with E-state index < -0.39 is 10.0 Å². The molecule has 3 rings (SSSR count). The van der Waals surface area contributed by atoms with Crippen molar-refractivity contribution < 1.29 is 22.5 Å². The second-order valence-electron chi connectivity index (χ2n) is 8.19. The second-order valence-corrected chi connectivity index (χ2v) is 10.0. The van der Waals surface area contributed by atoms with Crippen LogP contribution >= 0.6 is 0 Å². The molecule has 0 fully saturated rings. The molecule has 0 spiro atoms. The number of rotatable bonds is 7. The van der Waals surface area contributed by atoms with Crippen LogP contribution in [0.1, 0.15) is 32.2 Å². The Morgan fingerprint density at radius 3 is 2.39 bits per heavy atom. The number of nitrogens with one attached hydrogen (secondary N) is 2. The van der Waals surface area contributed by atoms with Gasteiger partial charge in [0.2, 0.25) is 27.6 Å². The smallest absolute Gasteiger partial charge is 0.248 e. The van der Waals surface area contributed by atoms with Crippen molar-refractivity contribution in [2.45, 2.75) is 31.1 Å². The summed E-state index contributed by atoms with van der Waals surface area (Å²) in [5, 5.41) is 6.76. The van der Waals surface area contributed by atoms with Gasteiger partial charge in [-0.1, -0.05) is 32.0 Å². The lowest BCUT2D eigenvalue weighted by Gasteiger charge is -2.10. The van der Waals surface area contributed by atoms with E-state index in [1.165, 1.54) is 38.4 Å². The summed E-state index contributed by atoms with van der Waals surface area (Å²) in [6, 6.07) is 11.7. The monoisotopic (exact) mass is 470 g/mol. The third-order valence-corrected chi connectivity index (χ3v) is 6.09. The first-order chi connectivity index (χ1) is 15.5. The number of methoxy groups -OCH3 is 1. The molecule has 1 heterocycles. The summed E-state index contributed by atoms with van der Waals surface area (Å²) < 4.78 is 37.1. The highest BCUT2D eigenvalue weighted by Crippen LogP contribution is 2.26. The lowest BCUT2D eigenvalue weighted by atomic mass is 9.97. The fraction of sp³-hybridized carbons (Fsp3) is 0.261. The first kappa shape index (κ1) is 24.1. The summed E-state index contributed by atoms with van der Waals surface area (Å²) in [6.45, 7) is 5.97. The van der Waals surface area contributed by atoms with Crippen LogP contribution in [0.4, 0.5) is 5.69 Å². The van der Waals surface area contributed by atoms with Gasteiger partial charge >= 0.3 is 0 Å². The number of hydrogen-bond donors (Lipinski definition) is 2. The molecule has 2 aromatic carbocycles. The number of carbonyl (C=O) groups is 1. The molecule has 0 bridgehead atoms. The van der Waals surface area contributed by atoms with E-state index in [9.17, 15) is 13.2 Å². The Labute approximate surface area is 192 Å². The molecule has 174 valence electrons. The van der Waals surface area contributed by atoms with Crippen molar-refractivity contribution in [3.05, 3.63) is 60.0 Å². The van der Waals surface area contributed by atoms with Crippen LogP contribution in [0.2, 0.25) is 0 Å². The lowest BCUT2D eigenvalue weighted by molar-refractivity contribution is -0.111. The molecule has 0 radical (unpaired) electrons. The fourth-order valence-electron chi connectivity index (χ4n) is 2.82. The van der Waals surface area contributed by atoms with Gasteiger partial charge in [0.1, 0.15) is 10.6 Å². The highest BCUT2D eigenvalue weighted by molar-refractivity contribution is 7.89. The van der Waals surface area contributed by atoms with Crippen LogP contribution in [0.25, 0.3) is 17.5 Å². The topological polar surface area (TPSA) is 123 Å². The van der Waals surface area contributed by atoms with Crippen LogP contribution in [-0.4, -0.2) is 38.6 Å². The molecule has 9 nitrogen and oxygen atoms in total. The van der Waals surface area contributed by atoms with Crippen LogP contribution < -0.4 is 14.8 Å². The molecular formula is C23H26N4O5S. The van der Waals surface area contributed by atoms with Gasteiger partial charge in [-0.15, -0.1) is 0 Å². The number of anilines is 1. The van der Waals surface area contributed by atoms with Gasteiger partial charge in [0, 0.05) is 22.7 Å². The molecule has 1 amide bonds. The van der Waals surface area contributed by atoms with Crippen molar-refractivity contribution in [1.82, 2.24) is 14.9 Å². The number of carbonyl (C=O) groups excluding carboxylic acids is 1. The molecule has 0 unspecified atom stereocenters. The zero-order chi connectivity index (χ0) is 24.2. The van der Waals surface area contributed by atoms with E-state index in [1.807, 2.05) is 20.8 Å². The minimum Gasteiger partial charge on any atom is -0.495 e. The Morgan fingerprint density at radius 2 is 1.82 bits per heavy atom. The van der Waals surface area contributed by atoms with Crippen LogP contribution in [0.3, 0.4) is 0 Å². The maximum Gasteiger partial charge on any atom is 0.248 e. The van der Waals surface area contributed by atoms with Crippen LogP contribution in [0.15, 0.2) is 58.0 Å². The maximum absolute atomic E-state index is 12.3. The minimum absolute atomic E-state index is 0.0123. The molecule has 0 aliphatic heterocycles. The fourth-order valence-corrected chi connectivity index (χ4v) is 3.75. The van der Waals surface area contributed by atoms with Crippen LogP contribution in [-0.2, 0) is 20.2 Å². The quantitative estimate of drug-likeness (QED) is 0.506. The number of benzene rings is 2. The number of amides is 1. The number of sulfonamides is 1. The number of hydrogen-bond acceptors (Lipinski definition) is 7. The van der Waals surface area contributed by atoms with E-state index in [0.717, 1.165) is 5.56 Å². The predicted molar refractivity (Wildman–Crippen MR) is 125 cm³/mol. The third-order valence-electron chi connectivity index (χ3n) is 4.65. The highest BCUT2D eigenvalue weighted by atomic mass is 32.2. The maximum atomic E-state index is 12.3. The minimum atomic E-state index is -3.71. The zero-order valence-electron chi connectivity index (χ0n) is 19.0. The van der Waals surface area contributed by atoms with E-state index in [-0.39, 0.29) is 22.0 Å². The number of ether oxygens (including phenoxy) is 1. The zero-order valence-corrected chi connectivity index (χ0v) is 19.9. The predicted octanol–water partition coefficient (Wildman–Crippen LogP) is 3.60. The Kier molecular flexibility index (Phi) is 6.99. The summed E-state index contributed by atoms with van der Waals surface area (Å²) in [5.41, 5.74) is 1.63. The molecule has 2 N–H and O–H groups in total. The number of nitrogens with zero attached hydrogens (tertiary/aromatic N) is 2. The van der Waals surface area contributed by atoms with Crippen molar-refractivity contribution in [2.75, 3.05) is 19.5 Å². The average Bonchev–Trinajstić information content (AvgIpc) is 3.29. The Balaban J connectivity index is 1.70. The molecular weight excluding hydrogens is 444 g/mol. The van der Waals surface area contributed by atoms with Gasteiger partial charge in [-0.2, -0.15) is 4.98 Å². The third kappa shape index (κ3) is 5.85. The SMILES string of the molecule is CNS(=O)(=O)c1cc(/C=C/C(=O)Nc2ccc(-c3noc(C(C)(C)C)n3)cc2)ccc1OC. The normalized spacial score (nSPS) is 12.2. The summed E-state index contributed by atoms with van der Waals surface area (Å²) in [4.78, 5) is 16.7. The first-order valence-electron chi connectivity index (χ1n) is 10.1. The van der Waals surface area contributed by atoms with Gasteiger partial charge < -0.3 is 14.6 Å². The summed E-state index contributed by atoms with van der Waals surface area (Å²) in [6.07, 6.45) is 2.84. The van der Waals surface area contributed by atoms with Gasteiger partial charge in [0.05, 0.1) is 7.11 Å². The standard InChI is InChI=1S/C23H26N4O5S/c1-23(2,3)22-26-21(27-32-22)16-8-10-17(11-9-16)25-20(28)13-7-15-6-12-18(31-5)19(14-15)33(29,30)24-4/h6-14,24H,1-5H3,(H,25,28)/b13-7+. The van der Waals surface area contributed by atoms with Gasteiger partial charge in [0.25, 0.3) is 0 Å². The lowest BCUT2D eigenvalue weighted by Crippen LogP contribution is -2.19. The summed E-state index contributed by atoms with van der Waals surface area (Å²) in [7, 11) is -1.00. The van der Waals surface area contributed by atoms with Gasteiger partial charge in [-0.25, -0.2) is 13.1 Å². The number of aromatic nitrogens is 2. The molecule has 0 saturated carbocycles. The van der Waals surface area contributed by atoms with Gasteiger partial charge in [-0.05, 0) is 55.1 Å². The Morgan fingerprint density at radius 1 is 1.12 bits per heavy atom. The molecule has 0 aliphatic rings. The molecule has 10 heteroatoms. The van der Waals surface area contributed by atoms with E-state index in [4.69, 9.17) is 9.26 Å². The Hall–Kier alpha value is -3.50. The van der Waals surface area contributed by atoms with E-state index in [1.54, 1.807) is 30.3 Å². The van der Waals surface area contributed by atoms with Crippen molar-refractivity contribution in [2.24, 2.45) is 0 Å². The van der Waals surface area contributed by atoms with Crippen molar-refractivity contribution in [3.63, 3.8) is 0 Å². The summed E-state index contributed by atoms with van der Waals surface area (Å²) in [5.74, 6) is 0.863. The largest absolute Gasteiger partial charge is 0.495 e. The molecule has 0 saturated heterocycles. The molecule has 3 aromatic rings. The van der Waals surface area contributed by atoms with Crippen LogP contribution in [0, 0.1) is 0 Å². The van der Waals surface area contributed by atoms with Gasteiger partial charge in [-0.3, -0.25) is 4.79 Å². The van der Waals surface area contributed by atoms with Gasteiger partial charge in [0.15, 0.2) is 0 Å². The van der Waals surface area contributed by atoms with E-state index in [2.05, 4.69) is 20.2 Å². The molecule has 1 aromatic heterocycles. The van der Waals surface area contributed by atoms with E-state index in [0.29, 0.717) is 23.0 Å². The first-order valence-corrected chi connectivity index (χ1v) is 11.6. The Bertz CT molecular complexity index is 1270. The second kappa shape index (κ2) is 9.55. The van der Waals surface area contributed by atoms with Crippen molar-refractivity contribution in [1.29, 1.82) is 0 Å². The van der Waals surface area contributed by atoms with Crippen LogP contribution in [0.5, 0.6) is 5.75 Å². The van der Waals surface area contributed by atoms with E-state index >= 15 is 0 Å². The molecule has 0 aliphatic carbocycles. The summed E-state index contributed by atoms with van der Waals surface area (Å²) >= 11 is 0. The highest BCUT2D eigenvalue weighted by Gasteiger charge is 2.22. The van der Waals surface area contributed by atoms with Crippen molar-refractivity contribution >= 4 is 27.7 Å². The molecule has 0 atom stereocenters.